The fourth-order valence-electron chi connectivity index (χ4n) is 2.90. The molecule has 0 bridgehead atoms. The topological polar surface area (TPSA) is 55.5 Å². The van der Waals surface area contributed by atoms with Gasteiger partial charge in [0.05, 0.1) is 17.2 Å². The Hall–Kier alpha value is -1.64. The van der Waals surface area contributed by atoms with Crippen molar-refractivity contribution in [3.05, 3.63) is 35.4 Å². The summed E-state index contributed by atoms with van der Waals surface area (Å²) in [6.07, 6.45) is 3.75. The van der Waals surface area contributed by atoms with Gasteiger partial charge in [-0.1, -0.05) is 44.0 Å². The molecule has 0 aliphatic carbocycles. The van der Waals surface area contributed by atoms with Gasteiger partial charge in [0, 0.05) is 0 Å². The lowest BCUT2D eigenvalue weighted by molar-refractivity contribution is -0.120. The zero-order valence-electron chi connectivity index (χ0n) is 12.6. The van der Waals surface area contributed by atoms with Gasteiger partial charge in [0.15, 0.2) is 0 Å². The minimum atomic E-state index is -0.268. The summed E-state index contributed by atoms with van der Waals surface area (Å²) in [4.78, 5) is 16.7. The molecule has 2 N–H and O–H groups in total. The normalized spacial score (nSPS) is 18.1. The molecule has 1 aliphatic rings. The molecule has 0 spiro atoms. The maximum atomic E-state index is 11.9. The summed E-state index contributed by atoms with van der Waals surface area (Å²) in [6, 6.07) is 8.24. The van der Waals surface area contributed by atoms with Crippen LogP contribution in [0.15, 0.2) is 29.3 Å². The third-order valence-electron chi connectivity index (χ3n) is 3.86. The zero-order chi connectivity index (χ0) is 14.8. The molecule has 2 rings (SSSR count). The van der Waals surface area contributed by atoms with Crippen LogP contribution in [0.5, 0.6) is 0 Å². The highest BCUT2D eigenvalue weighted by Crippen LogP contribution is 2.30. The lowest BCUT2D eigenvalue weighted by Gasteiger charge is -2.31. The van der Waals surface area contributed by atoms with Crippen molar-refractivity contribution < 1.29 is 4.79 Å². The van der Waals surface area contributed by atoms with Gasteiger partial charge in [-0.15, -0.1) is 0 Å². The molecule has 1 aromatic carbocycles. The Kier molecular flexibility index (Phi) is 4.26. The molecular weight excluding hydrogens is 248 g/mol. The van der Waals surface area contributed by atoms with E-state index < -0.39 is 0 Å². The van der Waals surface area contributed by atoms with Gasteiger partial charge >= 0.3 is 0 Å². The summed E-state index contributed by atoms with van der Waals surface area (Å²) in [5.41, 5.74) is 8.73. The van der Waals surface area contributed by atoms with E-state index in [4.69, 9.17) is 10.7 Å². The predicted molar refractivity (Wildman–Crippen MR) is 83.0 cm³/mol. The van der Waals surface area contributed by atoms with Gasteiger partial charge in [-0.25, -0.2) is 0 Å². The second-order valence-corrected chi connectivity index (χ2v) is 6.24. The average molecular weight is 272 g/mol. The number of benzene rings is 1. The van der Waals surface area contributed by atoms with E-state index in [1.165, 1.54) is 5.56 Å². The number of fused-ring (bicyclic) bond motifs is 1. The molecule has 1 amide bonds. The summed E-state index contributed by atoms with van der Waals surface area (Å²) in [6.45, 7) is 6.35. The Morgan fingerprint density at radius 2 is 2.10 bits per heavy atom. The summed E-state index contributed by atoms with van der Waals surface area (Å²) in [5.74, 6) is -0.527. The maximum absolute atomic E-state index is 11.9. The van der Waals surface area contributed by atoms with Crippen molar-refractivity contribution in [3.8, 4) is 0 Å². The number of amides is 1. The molecule has 1 aliphatic heterocycles. The van der Waals surface area contributed by atoms with Crippen molar-refractivity contribution in [2.45, 2.75) is 52.0 Å². The summed E-state index contributed by atoms with van der Waals surface area (Å²) >= 11 is 0. The number of nitrogens with two attached hydrogens (primary N) is 1. The molecule has 0 radical (unpaired) electrons. The van der Waals surface area contributed by atoms with Crippen LogP contribution in [0.2, 0.25) is 0 Å². The molecule has 20 heavy (non-hydrogen) atoms. The first-order valence-corrected chi connectivity index (χ1v) is 7.42. The lowest BCUT2D eigenvalue weighted by Crippen LogP contribution is -2.37. The monoisotopic (exact) mass is 272 g/mol. The number of hydrogen-bond donors (Lipinski definition) is 1. The van der Waals surface area contributed by atoms with E-state index in [0.29, 0.717) is 0 Å². The molecule has 3 heteroatoms. The molecule has 0 saturated heterocycles. The van der Waals surface area contributed by atoms with E-state index in [-0.39, 0.29) is 17.4 Å². The Morgan fingerprint density at radius 1 is 1.40 bits per heavy atom. The van der Waals surface area contributed by atoms with Crippen LogP contribution >= 0.6 is 0 Å². The first kappa shape index (κ1) is 14.8. The van der Waals surface area contributed by atoms with Crippen LogP contribution in [0.3, 0.4) is 0 Å². The third kappa shape index (κ3) is 3.09. The van der Waals surface area contributed by atoms with Crippen LogP contribution < -0.4 is 5.73 Å². The highest BCUT2D eigenvalue weighted by Gasteiger charge is 2.32. The smallest absolute Gasteiger partial charge is 0.226 e. The number of unbranched alkanes of at least 4 members (excludes halogenated alkanes) is 1. The van der Waals surface area contributed by atoms with Crippen LogP contribution in [0.1, 0.15) is 51.2 Å². The average Bonchev–Trinajstić information content (AvgIpc) is 2.37. The van der Waals surface area contributed by atoms with E-state index in [0.717, 1.165) is 37.0 Å². The Bertz CT molecular complexity index is 532. The minimum absolute atomic E-state index is 0.163. The first-order chi connectivity index (χ1) is 9.44. The van der Waals surface area contributed by atoms with Crippen LogP contribution in [0, 0.1) is 5.92 Å². The van der Waals surface area contributed by atoms with Crippen molar-refractivity contribution in [2.24, 2.45) is 16.6 Å². The second-order valence-electron chi connectivity index (χ2n) is 6.24. The number of carbonyl (C=O) groups is 1. The summed E-state index contributed by atoms with van der Waals surface area (Å²) in [5, 5.41) is 0. The maximum Gasteiger partial charge on any atom is 0.226 e. The van der Waals surface area contributed by atoms with Crippen LogP contribution in [0.25, 0.3) is 0 Å². The second kappa shape index (κ2) is 5.78. The van der Waals surface area contributed by atoms with Gasteiger partial charge in [-0.05, 0) is 37.8 Å². The van der Waals surface area contributed by atoms with E-state index in [1.54, 1.807) is 0 Å². The quantitative estimate of drug-likeness (QED) is 0.879. The van der Waals surface area contributed by atoms with Crippen molar-refractivity contribution in [1.82, 2.24) is 0 Å². The number of primary amides is 1. The van der Waals surface area contributed by atoms with Crippen molar-refractivity contribution in [2.75, 3.05) is 0 Å². The van der Waals surface area contributed by atoms with E-state index in [1.807, 2.05) is 12.1 Å². The van der Waals surface area contributed by atoms with Crippen LogP contribution in [0.4, 0.5) is 0 Å². The zero-order valence-corrected chi connectivity index (χ0v) is 12.6. The standard InChI is InChI=1S/C17H24N2O/c1-4-5-9-14(16(18)20)15-13-10-7-6-8-12(13)11-17(2,3)19-15/h6-8,10,14H,4-5,9,11H2,1-3H3,(H2,18,20). The fourth-order valence-corrected chi connectivity index (χ4v) is 2.90. The highest BCUT2D eigenvalue weighted by atomic mass is 16.1. The number of carbonyl (C=O) groups excluding carboxylic acids is 1. The van der Waals surface area contributed by atoms with Crippen molar-refractivity contribution in [3.63, 3.8) is 0 Å². The van der Waals surface area contributed by atoms with E-state index >= 15 is 0 Å². The number of aliphatic imine (C=N–C) groups is 1. The first-order valence-electron chi connectivity index (χ1n) is 7.42. The molecule has 0 saturated carbocycles. The van der Waals surface area contributed by atoms with Gasteiger partial charge in [0.25, 0.3) is 0 Å². The molecule has 1 unspecified atom stereocenters. The Morgan fingerprint density at radius 3 is 2.75 bits per heavy atom. The molecule has 0 aromatic heterocycles. The largest absolute Gasteiger partial charge is 0.369 e. The van der Waals surface area contributed by atoms with Gasteiger partial charge in [0.2, 0.25) is 5.91 Å². The van der Waals surface area contributed by atoms with E-state index in [2.05, 4.69) is 32.9 Å². The SMILES string of the molecule is CCCCC(C(N)=O)C1=NC(C)(C)Cc2ccccc21. The Balaban J connectivity index is 2.45. The van der Waals surface area contributed by atoms with Crippen molar-refractivity contribution in [1.29, 1.82) is 0 Å². The van der Waals surface area contributed by atoms with Gasteiger partial charge in [-0.3, -0.25) is 9.79 Å². The third-order valence-corrected chi connectivity index (χ3v) is 3.86. The van der Waals surface area contributed by atoms with Gasteiger partial charge in [-0.2, -0.15) is 0 Å². The van der Waals surface area contributed by atoms with Gasteiger partial charge in [0.1, 0.15) is 0 Å². The molecule has 1 heterocycles. The van der Waals surface area contributed by atoms with Gasteiger partial charge < -0.3 is 5.73 Å². The van der Waals surface area contributed by atoms with Crippen molar-refractivity contribution >= 4 is 11.6 Å². The Labute approximate surface area is 121 Å². The number of rotatable bonds is 5. The molecule has 3 nitrogen and oxygen atoms in total. The molecule has 108 valence electrons. The molecular formula is C17H24N2O. The van der Waals surface area contributed by atoms with E-state index in [9.17, 15) is 4.79 Å². The molecule has 1 atom stereocenters. The number of nitrogens with zero attached hydrogens (tertiary/aromatic N) is 1. The highest BCUT2D eigenvalue weighted by molar-refractivity contribution is 6.14. The van der Waals surface area contributed by atoms with Crippen LogP contribution in [-0.4, -0.2) is 17.2 Å². The fraction of sp³-hybridized carbons (Fsp3) is 0.529. The molecule has 1 aromatic rings. The molecule has 0 fully saturated rings. The lowest BCUT2D eigenvalue weighted by atomic mass is 9.81. The number of hydrogen-bond acceptors (Lipinski definition) is 2. The summed E-state index contributed by atoms with van der Waals surface area (Å²) < 4.78 is 0. The van der Waals surface area contributed by atoms with Crippen LogP contribution in [-0.2, 0) is 11.2 Å². The predicted octanol–water partition coefficient (Wildman–Crippen LogP) is 3.10. The minimum Gasteiger partial charge on any atom is -0.369 e. The summed E-state index contributed by atoms with van der Waals surface area (Å²) in [7, 11) is 0.